The van der Waals surface area contributed by atoms with Gasteiger partial charge in [-0.1, -0.05) is 6.42 Å². The van der Waals surface area contributed by atoms with Gasteiger partial charge in [0.25, 0.3) is 0 Å². The number of rotatable bonds is 9. The lowest BCUT2D eigenvalue weighted by molar-refractivity contribution is -0.141. The van der Waals surface area contributed by atoms with E-state index in [1.54, 1.807) is 4.90 Å². The molecule has 2 N–H and O–H groups in total. The quantitative estimate of drug-likeness (QED) is 0.632. The van der Waals surface area contributed by atoms with E-state index in [0.29, 0.717) is 32.8 Å². The summed E-state index contributed by atoms with van der Waals surface area (Å²) in [6, 6.07) is -0.135. The third-order valence-electron chi connectivity index (χ3n) is 3.93. The molecule has 1 saturated carbocycles. The molecule has 0 aromatic rings. The summed E-state index contributed by atoms with van der Waals surface area (Å²) in [5.74, 6) is -0.789. The molecule has 1 fully saturated rings. The van der Waals surface area contributed by atoms with Gasteiger partial charge in [-0.05, 0) is 32.1 Å². The van der Waals surface area contributed by atoms with Crippen molar-refractivity contribution in [3.8, 4) is 0 Å². The Hall–Kier alpha value is -1.30. The van der Waals surface area contributed by atoms with E-state index in [9.17, 15) is 9.59 Å². The van der Waals surface area contributed by atoms with Gasteiger partial charge in [-0.3, -0.25) is 4.79 Å². The molecule has 0 aromatic carbocycles. The van der Waals surface area contributed by atoms with Crippen molar-refractivity contribution >= 4 is 12.0 Å². The Morgan fingerprint density at radius 1 is 1.35 bits per heavy atom. The van der Waals surface area contributed by atoms with E-state index in [0.717, 1.165) is 19.3 Å². The molecule has 0 aliphatic heterocycles. The first-order valence-corrected chi connectivity index (χ1v) is 7.35. The van der Waals surface area contributed by atoms with Crippen LogP contribution in [0.15, 0.2) is 0 Å². The van der Waals surface area contributed by atoms with Gasteiger partial charge in [-0.15, -0.1) is 0 Å². The van der Waals surface area contributed by atoms with Crippen LogP contribution in [-0.4, -0.2) is 54.9 Å². The van der Waals surface area contributed by atoms with E-state index < -0.39 is 5.97 Å². The summed E-state index contributed by atoms with van der Waals surface area (Å²) in [5, 5.41) is 11.8. The lowest BCUT2D eigenvalue weighted by Crippen LogP contribution is -2.48. The van der Waals surface area contributed by atoms with Crippen LogP contribution in [0.3, 0.4) is 0 Å². The predicted molar refractivity (Wildman–Crippen MR) is 75.7 cm³/mol. The normalized spacial score (nSPS) is 16.3. The number of aliphatic carboxylic acids is 1. The van der Waals surface area contributed by atoms with E-state index in [4.69, 9.17) is 9.84 Å². The number of carbonyl (C=O) groups is 2. The molecule has 0 bridgehead atoms. The summed E-state index contributed by atoms with van der Waals surface area (Å²) in [5.41, 5.74) is -0.235. The standard InChI is InChI=1S/C14H26N2O4/c1-3-16(8-9-20-4-2)13(19)15-11-14(6-5-7-14)10-12(17)18/h3-11H2,1-2H3,(H,15,19)(H,17,18). The number of carboxylic acid groups (broad SMARTS) is 1. The van der Waals surface area contributed by atoms with Crippen molar-refractivity contribution < 1.29 is 19.4 Å². The molecule has 1 rings (SSSR count). The Morgan fingerprint density at radius 2 is 2.05 bits per heavy atom. The van der Waals surface area contributed by atoms with Crippen molar-refractivity contribution in [2.75, 3.05) is 32.8 Å². The topological polar surface area (TPSA) is 78.9 Å². The van der Waals surface area contributed by atoms with Gasteiger partial charge in [0, 0.05) is 26.2 Å². The van der Waals surface area contributed by atoms with E-state index in [1.165, 1.54) is 0 Å². The molecule has 0 unspecified atom stereocenters. The highest BCUT2D eigenvalue weighted by Gasteiger charge is 2.39. The number of nitrogens with one attached hydrogen (secondary N) is 1. The third-order valence-corrected chi connectivity index (χ3v) is 3.93. The summed E-state index contributed by atoms with van der Waals surface area (Å²) in [6.45, 7) is 6.62. The van der Waals surface area contributed by atoms with Crippen LogP contribution in [0, 0.1) is 5.41 Å². The van der Waals surface area contributed by atoms with E-state index in [1.807, 2.05) is 13.8 Å². The molecule has 0 radical (unpaired) electrons. The van der Waals surface area contributed by atoms with Gasteiger partial charge in [-0.2, -0.15) is 0 Å². The molecule has 0 atom stereocenters. The molecular formula is C14H26N2O4. The van der Waals surface area contributed by atoms with Gasteiger partial charge in [0.2, 0.25) is 0 Å². The fourth-order valence-electron chi connectivity index (χ4n) is 2.51. The Morgan fingerprint density at radius 3 is 2.50 bits per heavy atom. The minimum absolute atomic E-state index is 0.135. The highest BCUT2D eigenvalue weighted by atomic mass is 16.5. The first kappa shape index (κ1) is 16.8. The van der Waals surface area contributed by atoms with Gasteiger partial charge in [0.15, 0.2) is 0 Å². The number of nitrogens with zero attached hydrogens (tertiary/aromatic N) is 1. The molecule has 116 valence electrons. The Labute approximate surface area is 120 Å². The summed E-state index contributed by atoms with van der Waals surface area (Å²) in [4.78, 5) is 24.6. The zero-order chi connectivity index (χ0) is 15.0. The Balaban J connectivity index is 2.37. The van der Waals surface area contributed by atoms with Crippen LogP contribution in [0.1, 0.15) is 39.5 Å². The van der Waals surface area contributed by atoms with Gasteiger partial charge in [-0.25, -0.2) is 4.79 Å². The van der Waals surface area contributed by atoms with Crippen LogP contribution in [0.5, 0.6) is 0 Å². The molecule has 0 spiro atoms. The van der Waals surface area contributed by atoms with Crippen molar-refractivity contribution in [2.24, 2.45) is 5.41 Å². The van der Waals surface area contributed by atoms with Crippen LogP contribution in [0.4, 0.5) is 4.79 Å². The van der Waals surface area contributed by atoms with Crippen LogP contribution in [0.2, 0.25) is 0 Å². The fourth-order valence-corrected chi connectivity index (χ4v) is 2.51. The van der Waals surface area contributed by atoms with E-state index >= 15 is 0 Å². The molecule has 0 saturated heterocycles. The molecule has 6 heteroatoms. The fraction of sp³-hybridized carbons (Fsp3) is 0.857. The first-order valence-electron chi connectivity index (χ1n) is 7.35. The number of likely N-dealkylation sites (N-methyl/N-ethyl adjacent to an activating group) is 1. The van der Waals surface area contributed by atoms with Crippen molar-refractivity contribution in [2.45, 2.75) is 39.5 Å². The molecule has 1 aliphatic rings. The molecular weight excluding hydrogens is 260 g/mol. The Kier molecular flexibility index (Phi) is 6.78. The monoisotopic (exact) mass is 286 g/mol. The second-order valence-corrected chi connectivity index (χ2v) is 5.36. The lowest BCUT2D eigenvalue weighted by atomic mass is 9.66. The lowest BCUT2D eigenvalue weighted by Gasteiger charge is -2.41. The number of ether oxygens (including phenoxy) is 1. The average molecular weight is 286 g/mol. The summed E-state index contributed by atoms with van der Waals surface area (Å²) < 4.78 is 5.25. The number of urea groups is 1. The molecule has 20 heavy (non-hydrogen) atoms. The number of carboxylic acids is 1. The number of carbonyl (C=O) groups excluding carboxylic acids is 1. The van der Waals surface area contributed by atoms with Crippen LogP contribution in [-0.2, 0) is 9.53 Å². The van der Waals surface area contributed by atoms with Gasteiger partial charge >= 0.3 is 12.0 Å². The number of hydrogen-bond donors (Lipinski definition) is 2. The first-order chi connectivity index (χ1) is 9.53. The van der Waals surface area contributed by atoms with E-state index in [-0.39, 0.29) is 17.9 Å². The highest BCUT2D eigenvalue weighted by Crippen LogP contribution is 2.43. The van der Waals surface area contributed by atoms with Crippen molar-refractivity contribution in [1.29, 1.82) is 0 Å². The smallest absolute Gasteiger partial charge is 0.317 e. The van der Waals surface area contributed by atoms with E-state index in [2.05, 4.69) is 5.32 Å². The van der Waals surface area contributed by atoms with Crippen LogP contribution >= 0.6 is 0 Å². The average Bonchev–Trinajstić information content (AvgIpc) is 2.37. The molecule has 0 heterocycles. The largest absolute Gasteiger partial charge is 0.481 e. The minimum Gasteiger partial charge on any atom is -0.481 e. The second kappa shape index (κ2) is 8.09. The predicted octanol–water partition coefficient (Wildman–Crippen LogP) is 1.70. The maximum absolute atomic E-state index is 12.1. The highest BCUT2D eigenvalue weighted by molar-refractivity contribution is 5.74. The van der Waals surface area contributed by atoms with Crippen LogP contribution in [0.25, 0.3) is 0 Å². The van der Waals surface area contributed by atoms with Crippen LogP contribution < -0.4 is 5.32 Å². The molecule has 6 nitrogen and oxygen atoms in total. The summed E-state index contributed by atoms with van der Waals surface area (Å²) in [7, 11) is 0. The molecule has 2 amide bonds. The zero-order valence-electron chi connectivity index (χ0n) is 12.5. The minimum atomic E-state index is -0.789. The molecule has 0 aromatic heterocycles. The zero-order valence-corrected chi connectivity index (χ0v) is 12.5. The molecule has 1 aliphatic carbocycles. The number of hydrogen-bond acceptors (Lipinski definition) is 3. The summed E-state index contributed by atoms with van der Waals surface area (Å²) >= 11 is 0. The van der Waals surface area contributed by atoms with Crippen molar-refractivity contribution in [1.82, 2.24) is 10.2 Å². The SMILES string of the molecule is CCOCCN(CC)C(=O)NCC1(CC(=O)O)CCC1. The summed E-state index contributed by atoms with van der Waals surface area (Å²) in [6.07, 6.45) is 2.94. The second-order valence-electron chi connectivity index (χ2n) is 5.36. The number of amides is 2. The van der Waals surface area contributed by atoms with Gasteiger partial charge in [0.1, 0.15) is 0 Å². The van der Waals surface area contributed by atoms with Crippen molar-refractivity contribution in [3.05, 3.63) is 0 Å². The van der Waals surface area contributed by atoms with Crippen molar-refractivity contribution in [3.63, 3.8) is 0 Å². The maximum atomic E-state index is 12.1. The Bertz CT molecular complexity index is 329. The van der Waals surface area contributed by atoms with Gasteiger partial charge < -0.3 is 20.1 Å². The third kappa shape index (κ3) is 5.00. The van der Waals surface area contributed by atoms with Gasteiger partial charge in [0.05, 0.1) is 13.0 Å². The maximum Gasteiger partial charge on any atom is 0.317 e.